The summed E-state index contributed by atoms with van der Waals surface area (Å²) in [5.41, 5.74) is 0.742. The molecular weight excluding hydrogens is 325 g/mol. The summed E-state index contributed by atoms with van der Waals surface area (Å²) >= 11 is 1.03. The molecule has 0 saturated heterocycles. The number of benzene rings is 2. The van der Waals surface area contributed by atoms with Gasteiger partial charge < -0.3 is 0 Å². The fourth-order valence-corrected chi connectivity index (χ4v) is 4.46. The molecule has 0 N–H and O–H groups in total. The molecule has 0 radical (unpaired) electrons. The lowest BCUT2D eigenvalue weighted by Gasteiger charge is -2.01. The number of halogens is 1. The summed E-state index contributed by atoms with van der Waals surface area (Å²) in [7, 11) is -3.82. The first-order valence-electron chi connectivity index (χ1n) is 6.33. The van der Waals surface area contributed by atoms with Crippen LogP contribution in [0.15, 0.2) is 52.9 Å². The van der Waals surface area contributed by atoms with Crippen molar-refractivity contribution in [2.45, 2.75) is 4.34 Å². The zero-order chi connectivity index (χ0) is 15.7. The number of carbonyl (C=O) groups is 1. The Kier molecular flexibility index (Phi) is 3.76. The van der Waals surface area contributed by atoms with Crippen LogP contribution >= 0.6 is 11.3 Å². The molecule has 1 aromatic heterocycles. The van der Waals surface area contributed by atoms with Gasteiger partial charge in [-0.3, -0.25) is 4.79 Å². The Morgan fingerprint density at radius 2 is 1.77 bits per heavy atom. The van der Waals surface area contributed by atoms with Gasteiger partial charge in [0.25, 0.3) is 0 Å². The van der Waals surface area contributed by atoms with Crippen molar-refractivity contribution >= 4 is 37.2 Å². The number of hydrogen-bond donors (Lipinski definition) is 0. The molecule has 7 heteroatoms. The second kappa shape index (κ2) is 5.58. The molecule has 0 fully saturated rings. The number of aromatic nitrogens is 1. The largest absolute Gasteiger partial charge is 0.293 e. The number of para-hydroxylation sites is 1. The van der Waals surface area contributed by atoms with Gasteiger partial charge in [-0.2, -0.15) is 0 Å². The second-order valence-electron chi connectivity index (χ2n) is 4.64. The molecule has 0 atom stereocenters. The first-order valence-corrected chi connectivity index (χ1v) is 8.80. The van der Waals surface area contributed by atoms with Crippen LogP contribution in [0.5, 0.6) is 0 Å². The topological polar surface area (TPSA) is 64.1 Å². The van der Waals surface area contributed by atoms with Gasteiger partial charge in [-0.05, 0) is 36.4 Å². The van der Waals surface area contributed by atoms with Gasteiger partial charge in [0, 0.05) is 5.56 Å². The average Bonchev–Trinajstić information content (AvgIpc) is 2.92. The average molecular weight is 335 g/mol. The summed E-state index contributed by atoms with van der Waals surface area (Å²) in [6.45, 7) is 0. The Hall–Kier alpha value is -2.12. The first kappa shape index (κ1) is 14.8. The third-order valence-corrected chi connectivity index (χ3v) is 6.14. The lowest BCUT2D eigenvalue weighted by molar-refractivity contribution is 0.102. The zero-order valence-corrected chi connectivity index (χ0v) is 12.8. The molecule has 0 unspecified atom stereocenters. The van der Waals surface area contributed by atoms with Gasteiger partial charge in [-0.25, -0.2) is 17.8 Å². The lowest BCUT2D eigenvalue weighted by atomic mass is 10.1. The predicted molar refractivity (Wildman–Crippen MR) is 82.4 cm³/mol. The number of sulfone groups is 1. The first-order chi connectivity index (χ1) is 10.5. The van der Waals surface area contributed by atoms with Crippen molar-refractivity contribution in [1.82, 2.24) is 4.98 Å². The molecule has 2 aromatic carbocycles. The van der Waals surface area contributed by atoms with Crippen molar-refractivity contribution in [1.29, 1.82) is 0 Å². The monoisotopic (exact) mass is 335 g/mol. The Morgan fingerprint density at radius 1 is 1.09 bits per heavy atom. The van der Waals surface area contributed by atoms with E-state index in [1.165, 1.54) is 12.1 Å². The summed E-state index contributed by atoms with van der Waals surface area (Å²) in [5.74, 6) is -1.75. The van der Waals surface area contributed by atoms with E-state index < -0.39 is 27.2 Å². The molecule has 0 aliphatic heterocycles. The Labute approximate surface area is 130 Å². The number of ketones is 1. The van der Waals surface area contributed by atoms with Crippen molar-refractivity contribution in [2.24, 2.45) is 0 Å². The highest BCUT2D eigenvalue weighted by Crippen LogP contribution is 2.26. The van der Waals surface area contributed by atoms with E-state index in [1.54, 1.807) is 24.3 Å². The molecule has 0 aliphatic rings. The smallest absolute Gasteiger partial charge is 0.212 e. The quantitative estimate of drug-likeness (QED) is 0.687. The SMILES string of the molecule is O=C(CS(=O)(=O)c1nc2ccccc2s1)c1ccc(F)cc1. The van der Waals surface area contributed by atoms with Gasteiger partial charge in [-0.15, -0.1) is 11.3 Å². The van der Waals surface area contributed by atoms with E-state index in [1.807, 2.05) is 0 Å². The molecule has 3 aromatic rings. The molecule has 112 valence electrons. The van der Waals surface area contributed by atoms with Crippen LogP contribution < -0.4 is 0 Å². The minimum Gasteiger partial charge on any atom is -0.293 e. The van der Waals surface area contributed by atoms with E-state index in [2.05, 4.69) is 4.98 Å². The minimum atomic E-state index is -3.82. The molecule has 0 saturated carbocycles. The van der Waals surface area contributed by atoms with Crippen LogP contribution in [0.4, 0.5) is 4.39 Å². The maximum absolute atomic E-state index is 12.8. The summed E-state index contributed by atoms with van der Waals surface area (Å²) in [5, 5.41) is 0. The molecule has 0 bridgehead atoms. The van der Waals surface area contributed by atoms with Crippen molar-refractivity contribution in [3.8, 4) is 0 Å². The van der Waals surface area contributed by atoms with Gasteiger partial charge in [0.1, 0.15) is 11.6 Å². The fourth-order valence-electron chi connectivity index (χ4n) is 1.94. The number of rotatable bonds is 4. The summed E-state index contributed by atoms with van der Waals surface area (Å²) < 4.78 is 38.1. The van der Waals surface area contributed by atoms with Crippen molar-refractivity contribution in [3.05, 3.63) is 59.9 Å². The van der Waals surface area contributed by atoms with Gasteiger partial charge in [0.2, 0.25) is 14.2 Å². The normalized spacial score (nSPS) is 11.7. The highest BCUT2D eigenvalue weighted by atomic mass is 32.2. The molecular formula is C15H10FNO3S2. The summed E-state index contributed by atoms with van der Waals surface area (Å²) in [4.78, 5) is 16.1. The maximum atomic E-state index is 12.8. The lowest BCUT2D eigenvalue weighted by Crippen LogP contribution is -2.16. The van der Waals surface area contributed by atoms with Crippen LogP contribution in [-0.4, -0.2) is 24.9 Å². The van der Waals surface area contributed by atoms with Crippen LogP contribution in [0.2, 0.25) is 0 Å². The van der Waals surface area contributed by atoms with Crippen LogP contribution in [0, 0.1) is 5.82 Å². The number of carbonyl (C=O) groups excluding carboxylic acids is 1. The Balaban J connectivity index is 1.89. The molecule has 0 aliphatic carbocycles. The van der Waals surface area contributed by atoms with E-state index in [0.717, 1.165) is 28.2 Å². The Morgan fingerprint density at radius 3 is 2.45 bits per heavy atom. The summed E-state index contributed by atoms with van der Waals surface area (Å²) in [6, 6.07) is 11.8. The zero-order valence-electron chi connectivity index (χ0n) is 11.2. The van der Waals surface area contributed by atoms with E-state index in [-0.39, 0.29) is 9.90 Å². The highest BCUT2D eigenvalue weighted by Gasteiger charge is 2.24. The number of hydrogen-bond acceptors (Lipinski definition) is 5. The van der Waals surface area contributed by atoms with E-state index in [9.17, 15) is 17.6 Å². The van der Waals surface area contributed by atoms with E-state index in [4.69, 9.17) is 0 Å². The fraction of sp³-hybridized carbons (Fsp3) is 0.0667. The maximum Gasteiger partial charge on any atom is 0.212 e. The minimum absolute atomic E-state index is 0.0795. The number of Topliss-reactive ketones (excluding diaryl/α,β-unsaturated/α-hetero) is 1. The van der Waals surface area contributed by atoms with Gasteiger partial charge >= 0.3 is 0 Å². The van der Waals surface area contributed by atoms with Gasteiger partial charge in [0.15, 0.2) is 5.78 Å². The molecule has 1 heterocycles. The van der Waals surface area contributed by atoms with Crippen molar-refractivity contribution in [3.63, 3.8) is 0 Å². The number of nitrogens with zero attached hydrogens (tertiary/aromatic N) is 1. The van der Waals surface area contributed by atoms with Gasteiger partial charge in [0.05, 0.1) is 10.2 Å². The highest BCUT2D eigenvalue weighted by molar-refractivity contribution is 7.94. The molecule has 4 nitrogen and oxygen atoms in total. The van der Waals surface area contributed by atoms with Crippen LogP contribution in [0.25, 0.3) is 10.2 Å². The predicted octanol–water partition coefficient (Wildman–Crippen LogP) is 3.09. The number of thiazole rings is 1. The van der Waals surface area contributed by atoms with Crippen molar-refractivity contribution in [2.75, 3.05) is 5.75 Å². The standard InChI is InChI=1S/C15H10FNO3S2/c16-11-7-5-10(6-8-11)13(18)9-22(19,20)15-17-12-3-1-2-4-14(12)21-15/h1-8H,9H2. The summed E-state index contributed by atoms with van der Waals surface area (Å²) in [6.07, 6.45) is 0. The van der Waals surface area contributed by atoms with E-state index in [0.29, 0.717) is 5.52 Å². The Bertz CT molecular complexity index is 913. The van der Waals surface area contributed by atoms with Crippen LogP contribution in [0.3, 0.4) is 0 Å². The third-order valence-electron chi connectivity index (χ3n) is 3.03. The third kappa shape index (κ3) is 2.90. The molecule has 3 rings (SSSR count). The molecule has 0 amide bonds. The van der Waals surface area contributed by atoms with Crippen LogP contribution in [-0.2, 0) is 9.84 Å². The van der Waals surface area contributed by atoms with Gasteiger partial charge in [-0.1, -0.05) is 12.1 Å². The molecule has 22 heavy (non-hydrogen) atoms. The molecule has 0 spiro atoms. The number of fused-ring (bicyclic) bond motifs is 1. The van der Waals surface area contributed by atoms with E-state index >= 15 is 0 Å². The van der Waals surface area contributed by atoms with Crippen molar-refractivity contribution < 1.29 is 17.6 Å². The second-order valence-corrected chi connectivity index (χ2v) is 7.83. The van der Waals surface area contributed by atoms with Crippen LogP contribution in [0.1, 0.15) is 10.4 Å².